The smallest absolute Gasteiger partial charge is 0.215 e. The van der Waals surface area contributed by atoms with Crippen molar-refractivity contribution in [2.45, 2.75) is 32.9 Å². The van der Waals surface area contributed by atoms with Crippen molar-refractivity contribution in [2.24, 2.45) is 0 Å². The molecular formula is C8H14N4S. The van der Waals surface area contributed by atoms with E-state index >= 15 is 0 Å². The Labute approximate surface area is 82.8 Å². The van der Waals surface area contributed by atoms with Gasteiger partial charge >= 0.3 is 0 Å². The van der Waals surface area contributed by atoms with E-state index in [9.17, 15) is 0 Å². The van der Waals surface area contributed by atoms with Crippen LogP contribution in [-0.2, 0) is 12.1 Å². The molecule has 0 fully saturated rings. The minimum atomic E-state index is -0.115. The fourth-order valence-electron chi connectivity index (χ4n) is 0.932. The molecule has 0 atom stereocenters. The van der Waals surface area contributed by atoms with Crippen molar-refractivity contribution in [1.29, 1.82) is 0 Å². The first-order valence-corrected chi connectivity index (χ1v) is 4.52. The largest absolute Gasteiger partial charge is 0.216 e. The van der Waals surface area contributed by atoms with E-state index < -0.39 is 0 Å². The molecule has 72 valence electrons. The number of allylic oxidation sites excluding steroid dienone is 1. The van der Waals surface area contributed by atoms with Gasteiger partial charge in [-0.25, -0.2) is 9.36 Å². The number of tetrazole rings is 1. The van der Waals surface area contributed by atoms with Crippen molar-refractivity contribution in [1.82, 2.24) is 19.8 Å². The lowest BCUT2D eigenvalue weighted by molar-refractivity contribution is 0.342. The Bertz CT molecular complexity index is 355. The third-order valence-electron chi connectivity index (χ3n) is 1.58. The minimum Gasteiger partial charge on any atom is -0.215 e. The van der Waals surface area contributed by atoms with Gasteiger partial charge in [0, 0.05) is 0 Å². The van der Waals surface area contributed by atoms with Gasteiger partial charge in [0.1, 0.15) is 0 Å². The molecule has 0 saturated carbocycles. The molecule has 1 aromatic rings. The highest BCUT2D eigenvalue weighted by molar-refractivity contribution is 7.71. The third kappa shape index (κ3) is 2.03. The van der Waals surface area contributed by atoms with Crippen molar-refractivity contribution in [2.75, 3.05) is 0 Å². The maximum absolute atomic E-state index is 5.19. The normalized spacial score (nSPS) is 11.6. The molecule has 0 saturated heterocycles. The van der Waals surface area contributed by atoms with E-state index in [1.54, 1.807) is 15.4 Å². The Morgan fingerprint density at radius 1 is 1.46 bits per heavy atom. The van der Waals surface area contributed by atoms with E-state index in [0.717, 1.165) is 0 Å². The second kappa shape index (κ2) is 3.41. The van der Waals surface area contributed by atoms with Gasteiger partial charge in [-0.2, -0.15) is 0 Å². The molecule has 0 aliphatic heterocycles. The lowest BCUT2D eigenvalue weighted by Gasteiger charge is -2.16. The van der Waals surface area contributed by atoms with Crippen LogP contribution in [0.1, 0.15) is 20.8 Å². The minimum absolute atomic E-state index is 0.115. The summed E-state index contributed by atoms with van der Waals surface area (Å²) in [6.07, 6.45) is 1.75. The summed E-state index contributed by atoms with van der Waals surface area (Å²) in [5.41, 5.74) is -0.115. The van der Waals surface area contributed by atoms with Crippen molar-refractivity contribution in [3.8, 4) is 0 Å². The van der Waals surface area contributed by atoms with Gasteiger partial charge in [0.05, 0.1) is 12.1 Å². The number of hydrogen-bond acceptors (Lipinski definition) is 3. The molecule has 0 aliphatic rings. The number of aromatic nitrogens is 4. The zero-order chi connectivity index (χ0) is 10.1. The molecule has 0 N–H and O–H groups in total. The summed E-state index contributed by atoms with van der Waals surface area (Å²) < 4.78 is 4.01. The van der Waals surface area contributed by atoms with Gasteiger partial charge in [0.15, 0.2) is 0 Å². The number of rotatable bonds is 2. The molecule has 1 aromatic heterocycles. The van der Waals surface area contributed by atoms with E-state index in [0.29, 0.717) is 11.3 Å². The van der Waals surface area contributed by atoms with Gasteiger partial charge in [0.25, 0.3) is 0 Å². The topological polar surface area (TPSA) is 35.6 Å². The van der Waals surface area contributed by atoms with Gasteiger partial charge in [0.2, 0.25) is 4.77 Å². The molecule has 1 heterocycles. The van der Waals surface area contributed by atoms with Crippen LogP contribution >= 0.6 is 12.2 Å². The second-order valence-electron chi connectivity index (χ2n) is 3.81. The molecule has 0 aliphatic carbocycles. The molecule has 0 amide bonds. The van der Waals surface area contributed by atoms with Crippen molar-refractivity contribution in [3.05, 3.63) is 17.4 Å². The standard InChI is InChI=1S/C8H14N4S/c1-5-6-11-7(13)12(10-9-11)8(2,3)4/h5H,1,6H2,2-4H3. The van der Waals surface area contributed by atoms with Crippen LogP contribution in [0.2, 0.25) is 0 Å². The molecule has 4 nitrogen and oxygen atoms in total. The summed E-state index contributed by atoms with van der Waals surface area (Å²) >= 11 is 5.19. The van der Waals surface area contributed by atoms with Crippen molar-refractivity contribution >= 4 is 12.2 Å². The van der Waals surface area contributed by atoms with Gasteiger partial charge in [-0.1, -0.05) is 6.08 Å². The molecule has 0 spiro atoms. The SMILES string of the molecule is C=CCn1nnn(C(C)(C)C)c1=S. The Balaban J connectivity index is 3.14. The highest BCUT2D eigenvalue weighted by Gasteiger charge is 2.16. The molecule has 0 unspecified atom stereocenters. The van der Waals surface area contributed by atoms with E-state index in [-0.39, 0.29) is 5.54 Å². The number of nitrogens with zero attached hydrogens (tertiary/aromatic N) is 4. The Kier molecular flexibility index (Phi) is 2.66. The van der Waals surface area contributed by atoms with Crippen LogP contribution in [0.4, 0.5) is 0 Å². The maximum Gasteiger partial charge on any atom is 0.216 e. The van der Waals surface area contributed by atoms with Crippen molar-refractivity contribution < 1.29 is 0 Å². The highest BCUT2D eigenvalue weighted by atomic mass is 32.1. The van der Waals surface area contributed by atoms with Gasteiger partial charge in [-0.05, 0) is 43.4 Å². The number of hydrogen-bond donors (Lipinski definition) is 0. The average molecular weight is 198 g/mol. The Morgan fingerprint density at radius 2 is 2.08 bits per heavy atom. The first-order valence-electron chi connectivity index (χ1n) is 4.11. The van der Waals surface area contributed by atoms with Crippen LogP contribution in [0, 0.1) is 4.77 Å². The third-order valence-corrected chi connectivity index (χ3v) is 1.96. The van der Waals surface area contributed by atoms with Crippen LogP contribution < -0.4 is 0 Å². The summed E-state index contributed by atoms with van der Waals surface area (Å²) in [4.78, 5) is 0. The summed E-state index contributed by atoms with van der Waals surface area (Å²) in [6.45, 7) is 10.3. The highest BCUT2D eigenvalue weighted by Crippen LogP contribution is 2.11. The quantitative estimate of drug-likeness (QED) is 0.536. The molecule has 13 heavy (non-hydrogen) atoms. The lowest BCUT2D eigenvalue weighted by atomic mass is 10.1. The van der Waals surface area contributed by atoms with Gasteiger partial charge in [-0.15, -0.1) is 6.58 Å². The molecule has 5 heteroatoms. The van der Waals surface area contributed by atoms with Crippen molar-refractivity contribution in [3.63, 3.8) is 0 Å². The van der Waals surface area contributed by atoms with Gasteiger partial charge < -0.3 is 0 Å². The molecule has 1 rings (SSSR count). The van der Waals surface area contributed by atoms with E-state index in [2.05, 4.69) is 17.0 Å². The summed E-state index contributed by atoms with van der Waals surface area (Å²) in [5.74, 6) is 0. The predicted molar refractivity (Wildman–Crippen MR) is 54.0 cm³/mol. The average Bonchev–Trinajstić information content (AvgIpc) is 2.32. The van der Waals surface area contributed by atoms with E-state index in [4.69, 9.17) is 12.2 Å². The molecule has 0 aromatic carbocycles. The molecule has 0 bridgehead atoms. The van der Waals surface area contributed by atoms with Crippen LogP contribution in [0.5, 0.6) is 0 Å². The Hall–Kier alpha value is -0.970. The Morgan fingerprint density at radius 3 is 2.46 bits per heavy atom. The lowest BCUT2D eigenvalue weighted by Crippen LogP contribution is -2.23. The zero-order valence-electron chi connectivity index (χ0n) is 8.19. The predicted octanol–water partition coefficient (Wildman–Crippen LogP) is 1.75. The first kappa shape index (κ1) is 10.1. The first-order chi connectivity index (χ1) is 5.96. The monoisotopic (exact) mass is 198 g/mol. The van der Waals surface area contributed by atoms with E-state index in [1.807, 2.05) is 20.8 Å². The maximum atomic E-state index is 5.19. The van der Waals surface area contributed by atoms with E-state index in [1.165, 1.54) is 0 Å². The molecular weight excluding hydrogens is 184 g/mol. The van der Waals surface area contributed by atoms with Gasteiger partial charge in [-0.3, -0.25) is 0 Å². The fraction of sp³-hybridized carbons (Fsp3) is 0.625. The zero-order valence-corrected chi connectivity index (χ0v) is 9.01. The molecule has 0 radical (unpaired) electrons. The fourth-order valence-corrected chi connectivity index (χ4v) is 1.35. The van der Waals surface area contributed by atoms with Crippen LogP contribution in [0.3, 0.4) is 0 Å². The second-order valence-corrected chi connectivity index (χ2v) is 4.18. The summed E-state index contributed by atoms with van der Waals surface area (Å²) in [6, 6.07) is 0. The summed E-state index contributed by atoms with van der Waals surface area (Å²) in [7, 11) is 0. The van der Waals surface area contributed by atoms with Crippen LogP contribution in [0.15, 0.2) is 12.7 Å². The van der Waals surface area contributed by atoms with Crippen LogP contribution in [0.25, 0.3) is 0 Å². The summed E-state index contributed by atoms with van der Waals surface area (Å²) in [5, 5.41) is 7.91. The van der Waals surface area contributed by atoms with Crippen LogP contribution in [-0.4, -0.2) is 19.8 Å².